The van der Waals surface area contributed by atoms with Gasteiger partial charge in [0, 0.05) is 32.8 Å². The summed E-state index contributed by atoms with van der Waals surface area (Å²) < 4.78 is 6.54. The molecule has 0 aliphatic carbocycles. The van der Waals surface area contributed by atoms with E-state index in [-0.39, 0.29) is 36.3 Å². The lowest BCUT2D eigenvalue weighted by atomic mass is 10.1. The van der Waals surface area contributed by atoms with Gasteiger partial charge in [-0.05, 0) is 17.5 Å². The molecule has 0 fully saturated rings. The van der Waals surface area contributed by atoms with Crippen LogP contribution < -0.4 is 5.32 Å². The summed E-state index contributed by atoms with van der Waals surface area (Å²) in [6.07, 6.45) is 0.218. The topological polar surface area (TPSA) is 96.7 Å². The van der Waals surface area contributed by atoms with Crippen molar-refractivity contribution >= 4 is 11.8 Å². The summed E-state index contributed by atoms with van der Waals surface area (Å²) in [4.78, 5) is 26.9. The Labute approximate surface area is 164 Å². The molecule has 1 aromatic heterocycles. The Bertz CT molecular complexity index is 831. The number of aromatic nitrogens is 2. The monoisotopic (exact) mass is 386 g/mol. The number of β-amino-alcohol motifs (C(OH)–C–C–N with tert-alkyl or cyclic N) is 1. The number of nitrogens with zero attached hydrogens (tertiary/aromatic N) is 3. The maximum Gasteiger partial charge on any atom is 0.274 e. The lowest BCUT2D eigenvalue weighted by Gasteiger charge is -2.22. The fraction of sp³-hybridized carbons (Fsp3) is 0.450. The second-order valence-electron chi connectivity index (χ2n) is 6.85. The molecular formula is C20H26N4O4. The van der Waals surface area contributed by atoms with Crippen molar-refractivity contribution in [2.75, 3.05) is 26.8 Å². The van der Waals surface area contributed by atoms with E-state index in [2.05, 4.69) is 29.5 Å². The van der Waals surface area contributed by atoms with Crippen LogP contribution in [0.5, 0.6) is 0 Å². The molecule has 2 amide bonds. The molecule has 1 aliphatic heterocycles. The van der Waals surface area contributed by atoms with E-state index in [1.165, 1.54) is 16.3 Å². The molecular weight excluding hydrogens is 360 g/mol. The average molecular weight is 386 g/mol. The summed E-state index contributed by atoms with van der Waals surface area (Å²) >= 11 is 0. The third kappa shape index (κ3) is 4.58. The molecule has 28 heavy (non-hydrogen) atoms. The highest BCUT2D eigenvalue weighted by molar-refractivity contribution is 5.98. The Morgan fingerprint density at radius 2 is 2.07 bits per heavy atom. The lowest BCUT2D eigenvalue weighted by molar-refractivity contribution is 0.0672. The summed E-state index contributed by atoms with van der Waals surface area (Å²) in [5.41, 5.74) is 2.70. The maximum atomic E-state index is 13.1. The van der Waals surface area contributed by atoms with E-state index in [1.807, 2.05) is 12.1 Å². The van der Waals surface area contributed by atoms with Crippen LogP contribution in [-0.2, 0) is 24.2 Å². The normalized spacial score (nSPS) is 16.2. The molecule has 2 aromatic rings. The Hall–Kier alpha value is -2.71. The first kappa shape index (κ1) is 20.0. The Balaban J connectivity index is 1.82. The van der Waals surface area contributed by atoms with E-state index in [4.69, 9.17) is 4.74 Å². The minimum atomic E-state index is -0.741. The van der Waals surface area contributed by atoms with Crippen LogP contribution in [0, 0.1) is 0 Å². The van der Waals surface area contributed by atoms with Crippen molar-refractivity contribution in [3.63, 3.8) is 0 Å². The number of carbonyl (C=O) groups excluding carboxylic acids is 2. The van der Waals surface area contributed by atoms with Gasteiger partial charge in [0.1, 0.15) is 5.69 Å². The zero-order valence-electron chi connectivity index (χ0n) is 16.2. The van der Waals surface area contributed by atoms with Crippen molar-refractivity contribution in [2.45, 2.75) is 32.5 Å². The number of aliphatic hydroxyl groups excluding tert-OH is 1. The molecule has 0 saturated carbocycles. The third-order valence-electron chi connectivity index (χ3n) is 4.77. The zero-order chi connectivity index (χ0) is 20.1. The molecule has 1 aliphatic rings. The molecule has 8 heteroatoms. The first-order valence-corrected chi connectivity index (χ1v) is 9.42. The number of carbonyl (C=O) groups is 2. The smallest absolute Gasteiger partial charge is 0.274 e. The molecule has 2 heterocycles. The van der Waals surface area contributed by atoms with Crippen molar-refractivity contribution in [1.82, 2.24) is 20.0 Å². The molecule has 8 nitrogen and oxygen atoms in total. The van der Waals surface area contributed by atoms with E-state index in [0.717, 1.165) is 12.0 Å². The first-order chi connectivity index (χ1) is 13.5. The molecule has 150 valence electrons. The van der Waals surface area contributed by atoms with Crippen LogP contribution in [0.15, 0.2) is 30.3 Å². The molecule has 2 N–H and O–H groups in total. The van der Waals surface area contributed by atoms with Crippen LogP contribution in [0.25, 0.3) is 0 Å². The number of methoxy groups -OCH3 is 1. The summed E-state index contributed by atoms with van der Waals surface area (Å²) in [6.45, 7) is 3.65. The van der Waals surface area contributed by atoms with Crippen molar-refractivity contribution in [3.8, 4) is 0 Å². The van der Waals surface area contributed by atoms with Crippen LogP contribution in [0.1, 0.15) is 39.0 Å². The summed E-state index contributed by atoms with van der Waals surface area (Å²) in [5, 5.41) is 16.8. The van der Waals surface area contributed by atoms with Gasteiger partial charge in [0.2, 0.25) is 0 Å². The summed E-state index contributed by atoms with van der Waals surface area (Å²) in [6, 6.07) is 9.61. The number of rotatable bonds is 7. The second kappa shape index (κ2) is 8.99. The van der Waals surface area contributed by atoms with Gasteiger partial charge in [-0.2, -0.15) is 5.10 Å². The van der Waals surface area contributed by atoms with Crippen LogP contribution >= 0.6 is 0 Å². The number of hydrogen-bond donors (Lipinski definition) is 2. The zero-order valence-corrected chi connectivity index (χ0v) is 16.2. The maximum absolute atomic E-state index is 13.1. The number of nitrogens with one attached hydrogen (secondary N) is 1. The van der Waals surface area contributed by atoms with Crippen molar-refractivity contribution in [3.05, 3.63) is 52.8 Å². The van der Waals surface area contributed by atoms with E-state index < -0.39 is 6.10 Å². The molecule has 3 rings (SSSR count). The lowest BCUT2D eigenvalue weighted by Crippen LogP contribution is -2.34. The minimum Gasteiger partial charge on any atom is -0.389 e. The second-order valence-corrected chi connectivity index (χ2v) is 6.85. The van der Waals surface area contributed by atoms with E-state index in [1.54, 1.807) is 12.0 Å². The fourth-order valence-corrected chi connectivity index (χ4v) is 3.13. The SMILES string of the molecule is CCc1ccc(CN(CCOC)C(=O)c2cc3n(n2)C[C@H](O)CNC3=O)cc1. The van der Waals surface area contributed by atoms with Crippen LogP contribution in [-0.4, -0.2) is 64.5 Å². The third-order valence-corrected chi connectivity index (χ3v) is 4.77. The quantitative estimate of drug-likeness (QED) is 0.735. The van der Waals surface area contributed by atoms with Gasteiger partial charge < -0.3 is 20.1 Å². The first-order valence-electron chi connectivity index (χ1n) is 9.42. The highest BCUT2D eigenvalue weighted by atomic mass is 16.5. The predicted octanol–water partition coefficient (Wildman–Crippen LogP) is 0.839. The van der Waals surface area contributed by atoms with E-state index in [9.17, 15) is 14.7 Å². The van der Waals surface area contributed by atoms with Gasteiger partial charge in [-0.25, -0.2) is 0 Å². The molecule has 0 unspecified atom stereocenters. The van der Waals surface area contributed by atoms with Crippen LogP contribution in [0.4, 0.5) is 0 Å². The molecule has 1 atom stereocenters. The number of amides is 2. The summed E-state index contributed by atoms with van der Waals surface area (Å²) in [5.74, 6) is -0.624. The highest BCUT2D eigenvalue weighted by Gasteiger charge is 2.26. The molecule has 0 saturated heterocycles. The largest absolute Gasteiger partial charge is 0.389 e. The molecule has 0 bridgehead atoms. The average Bonchev–Trinajstić information content (AvgIpc) is 3.07. The van der Waals surface area contributed by atoms with E-state index in [0.29, 0.717) is 19.7 Å². The standard InChI is InChI=1S/C20H26N4O4/c1-3-14-4-6-15(7-5-14)12-23(8-9-28-2)20(27)17-10-18-19(26)21-11-16(25)13-24(18)22-17/h4-7,10,16,25H,3,8-9,11-13H2,1-2H3,(H,21,26)/t16-/m1/s1. The molecule has 0 spiro atoms. The number of benzene rings is 1. The van der Waals surface area contributed by atoms with Crippen LogP contribution in [0.3, 0.4) is 0 Å². The van der Waals surface area contributed by atoms with Gasteiger partial charge >= 0.3 is 0 Å². The highest BCUT2D eigenvalue weighted by Crippen LogP contribution is 2.14. The van der Waals surface area contributed by atoms with Gasteiger partial charge in [-0.15, -0.1) is 0 Å². The van der Waals surface area contributed by atoms with Crippen LogP contribution in [0.2, 0.25) is 0 Å². The number of ether oxygens (including phenoxy) is 1. The van der Waals surface area contributed by atoms with Gasteiger partial charge in [0.15, 0.2) is 5.69 Å². The number of aryl methyl sites for hydroxylation is 1. The van der Waals surface area contributed by atoms with Gasteiger partial charge in [-0.3, -0.25) is 14.3 Å². The Morgan fingerprint density at radius 1 is 1.36 bits per heavy atom. The van der Waals surface area contributed by atoms with Crippen molar-refractivity contribution in [2.24, 2.45) is 0 Å². The Morgan fingerprint density at radius 3 is 2.75 bits per heavy atom. The Kier molecular flexibility index (Phi) is 6.43. The number of hydrogen-bond acceptors (Lipinski definition) is 5. The number of aliphatic hydroxyl groups is 1. The molecule has 0 radical (unpaired) electrons. The van der Waals surface area contributed by atoms with Crippen molar-refractivity contribution < 1.29 is 19.4 Å². The number of fused-ring (bicyclic) bond motifs is 1. The minimum absolute atomic E-state index is 0.165. The van der Waals surface area contributed by atoms with Gasteiger partial charge in [-0.1, -0.05) is 31.2 Å². The predicted molar refractivity (Wildman–Crippen MR) is 103 cm³/mol. The van der Waals surface area contributed by atoms with Gasteiger partial charge in [0.05, 0.1) is 19.3 Å². The van der Waals surface area contributed by atoms with Gasteiger partial charge in [0.25, 0.3) is 11.8 Å². The van der Waals surface area contributed by atoms with Crippen molar-refractivity contribution in [1.29, 1.82) is 0 Å². The summed E-state index contributed by atoms with van der Waals surface area (Å²) in [7, 11) is 1.59. The van der Waals surface area contributed by atoms with E-state index >= 15 is 0 Å². The molecule has 1 aromatic carbocycles. The fourth-order valence-electron chi connectivity index (χ4n) is 3.13.